The van der Waals surface area contributed by atoms with Crippen molar-refractivity contribution in [2.75, 3.05) is 19.6 Å². The van der Waals surface area contributed by atoms with E-state index in [9.17, 15) is 14.4 Å². The fourth-order valence-electron chi connectivity index (χ4n) is 3.44. The number of aromatic nitrogens is 2. The summed E-state index contributed by atoms with van der Waals surface area (Å²) < 4.78 is 1.72. The van der Waals surface area contributed by atoms with Crippen molar-refractivity contribution in [1.82, 2.24) is 19.8 Å². The van der Waals surface area contributed by atoms with Gasteiger partial charge in [0.1, 0.15) is 10.7 Å². The van der Waals surface area contributed by atoms with Gasteiger partial charge in [-0.15, -0.1) is 11.3 Å². The Kier molecular flexibility index (Phi) is 5.94. The first kappa shape index (κ1) is 19.5. The molecule has 1 aliphatic rings. The zero-order valence-corrected chi connectivity index (χ0v) is 16.9. The predicted molar refractivity (Wildman–Crippen MR) is 106 cm³/mol. The Labute approximate surface area is 162 Å². The first-order chi connectivity index (χ1) is 13.0. The third-order valence-electron chi connectivity index (χ3n) is 4.79. The topological polar surface area (TPSA) is 84.3 Å². The Morgan fingerprint density at radius 3 is 2.78 bits per heavy atom. The summed E-state index contributed by atoms with van der Waals surface area (Å²) in [5.41, 5.74) is 0.623. The summed E-state index contributed by atoms with van der Waals surface area (Å²) >= 11 is 1.26. The average molecular weight is 391 g/mol. The summed E-state index contributed by atoms with van der Waals surface area (Å²) in [6, 6.07) is 0. The molecule has 3 heterocycles. The molecule has 2 amide bonds. The highest BCUT2D eigenvalue weighted by molar-refractivity contribution is 7.20. The first-order valence-electron chi connectivity index (χ1n) is 9.56. The molecular weight excluding hydrogens is 364 g/mol. The van der Waals surface area contributed by atoms with Gasteiger partial charge in [-0.3, -0.25) is 19.0 Å². The van der Waals surface area contributed by atoms with E-state index in [0.29, 0.717) is 40.3 Å². The molecule has 0 bridgehead atoms. The Hall–Kier alpha value is -2.22. The Bertz CT molecular complexity index is 931. The van der Waals surface area contributed by atoms with Gasteiger partial charge in [0, 0.05) is 26.1 Å². The van der Waals surface area contributed by atoms with Gasteiger partial charge in [0.05, 0.1) is 16.8 Å². The molecule has 0 aromatic carbocycles. The number of aryl methyl sites for hydroxylation is 2. The van der Waals surface area contributed by atoms with Gasteiger partial charge in [0.25, 0.3) is 11.5 Å². The van der Waals surface area contributed by atoms with Crippen LogP contribution in [0.1, 0.15) is 54.2 Å². The molecule has 1 N–H and O–H groups in total. The second-order valence-electron chi connectivity index (χ2n) is 6.90. The summed E-state index contributed by atoms with van der Waals surface area (Å²) in [5.74, 6) is 0.445. The van der Waals surface area contributed by atoms with Crippen molar-refractivity contribution in [2.45, 2.75) is 53.0 Å². The van der Waals surface area contributed by atoms with Crippen LogP contribution in [0.3, 0.4) is 0 Å². The van der Waals surface area contributed by atoms with Gasteiger partial charge in [-0.05, 0) is 31.7 Å². The van der Waals surface area contributed by atoms with E-state index in [-0.39, 0.29) is 23.9 Å². The molecule has 2 aromatic rings. The summed E-state index contributed by atoms with van der Waals surface area (Å²) in [6.07, 6.45) is 3.33. The minimum atomic E-state index is -0.200. The molecule has 0 unspecified atom stereocenters. The van der Waals surface area contributed by atoms with Crippen molar-refractivity contribution in [2.24, 2.45) is 0 Å². The maximum absolute atomic E-state index is 13.1. The van der Waals surface area contributed by atoms with Crippen molar-refractivity contribution in [3.8, 4) is 0 Å². The van der Waals surface area contributed by atoms with Gasteiger partial charge >= 0.3 is 0 Å². The van der Waals surface area contributed by atoms with Gasteiger partial charge < -0.3 is 10.2 Å². The highest BCUT2D eigenvalue weighted by atomic mass is 32.1. The van der Waals surface area contributed by atoms with Crippen LogP contribution in [-0.2, 0) is 17.8 Å². The lowest BCUT2D eigenvalue weighted by Crippen LogP contribution is -2.41. The van der Waals surface area contributed by atoms with Gasteiger partial charge in [-0.25, -0.2) is 4.98 Å². The highest BCUT2D eigenvalue weighted by Crippen LogP contribution is 2.29. The standard InChI is InChI=1S/C19H26N4O3S/c1-4-8-20-14(24)11-22(9-5-2)19(26)16-12(3)15-17(27-16)21-13-7-6-10-23(13)18(15)25/h4-11H2,1-3H3,(H,20,24). The molecule has 0 radical (unpaired) electrons. The van der Waals surface area contributed by atoms with Crippen LogP contribution in [0.25, 0.3) is 10.2 Å². The van der Waals surface area contributed by atoms with E-state index in [4.69, 9.17) is 0 Å². The number of carbonyl (C=O) groups is 2. The average Bonchev–Trinajstić information content (AvgIpc) is 3.24. The van der Waals surface area contributed by atoms with Gasteiger partial charge in [-0.2, -0.15) is 0 Å². The van der Waals surface area contributed by atoms with E-state index < -0.39 is 0 Å². The minimum Gasteiger partial charge on any atom is -0.355 e. The zero-order valence-electron chi connectivity index (χ0n) is 16.1. The number of hydrogen-bond donors (Lipinski definition) is 1. The smallest absolute Gasteiger partial charge is 0.264 e. The van der Waals surface area contributed by atoms with E-state index in [1.54, 1.807) is 16.4 Å². The molecule has 0 atom stereocenters. The second-order valence-corrected chi connectivity index (χ2v) is 7.90. The number of thiophene rings is 1. The van der Waals surface area contributed by atoms with Crippen LogP contribution >= 0.6 is 11.3 Å². The molecule has 7 nitrogen and oxygen atoms in total. The molecule has 0 aliphatic carbocycles. The maximum Gasteiger partial charge on any atom is 0.264 e. The van der Waals surface area contributed by atoms with Crippen molar-refractivity contribution in [1.29, 1.82) is 0 Å². The maximum atomic E-state index is 13.1. The highest BCUT2D eigenvalue weighted by Gasteiger charge is 2.26. The number of carbonyl (C=O) groups excluding carboxylic acids is 2. The number of nitrogens with one attached hydrogen (secondary N) is 1. The third kappa shape index (κ3) is 3.76. The molecule has 27 heavy (non-hydrogen) atoms. The van der Waals surface area contributed by atoms with Crippen LogP contribution in [0.5, 0.6) is 0 Å². The number of fused-ring (bicyclic) bond motifs is 2. The lowest BCUT2D eigenvalue weighted by molar-refractivity contribution is -0.121. The number of rotatable bonds is 7. The first-order valence-corrected chi connectivity index (χ1v) is 10.4. The number of nitrogens with zero attached hydrogens (tertiary/aromatic N) is 3. The van der Waals surface area contributed by atoms with E-state index in [0.717, 1.165) is 31.5 Å². The monoisotopic (exact) mass is 390 g/mol. The van der Waals surface area contributed by atoms with Crippen molar-refractivity contribution >= 4 is 33.4 Å². The lowest BCUT2D eigenvalue weighted by Gasteiger charge is -2.21. The largest absolute Gasteiger partial charge is 0.355 e. The molecule has 3 rings (SSSR count). The van der Waals surface area contributed by atoms with E-state index >= 15 is 0 Å². The van der Waals surface area contributed by atoms with Crippen LogP contribution in [0.2, 0.25) is 0 Å². The fourth-order valence-corrected chi connectivity index (χ4v) is 4.60. The van der Waals surface area contributed by atoms with Gasteiger partial charge in [-0.1, -0.05) is 13.8 Å². The molecule has 0 fully saturated rings. The summed E-state index contributed by atoms with van der Waals surface area (Å²) in [4.78, 5) is 45.3. The van der Waals surface area contributed by atoms with Crippen LogP contribution in [0.4, 0.5) is 0 Å². The van der Waals surface area contributed by atoms with Gasteiger partial charge in [0.2, 0.25) is 5.91 Å². The van der Waals surface area contributed by atoms with Crippen LogP contribution in [-0.4, -0.2) is 45.9 Å². The van der Waals surface area contributed by atoms with Crippen molar-refractivity contribution < 1.29 is 9.59 Å². The summed E-state index contributed by atoms with van der Waals surface area (Å²) in [7, 11) is 0. The van der Waals surface area contributed by atoms with Crippen LogP contribution in [0.15, 0.2) is 4.79 Å². The summed E-state index contributed by atoms with van der Waals surface area (Å²) in [5, 5.41) is 3.36. The van der Waals surface area contributed by atoms with E-state index in [1.807, 2.05) is 13.8 Å². The number of amides is 2. The SMILES string of the molecule is CCCNC(=O)CN(CCC)C(=O)c1sc2nc3n(c(=O)c2c1C)CCC3. The molecule has 1 aliphatic heterocycles. The fraction of sp³-hybridized carbons (Fsp3) is 0.579. The molecule has 8 heteroatoms. The van der Waals surface area contributed by atoms with Crippen molar-refractivity contribution in [3.63, 3.8) is 0 Å². The molecule has 2 aromatic heterocycles. The Morgan fingerprint density at radius 2 is 2.07 bits per heavy atom. The molecule has 0 spiro atoms. The lowest BCUT2D eigenvalue weighted by atomic mass is 10.2. The predicted octanol–water partition coefficient (Wildman–Crippen LogP) is 2.09. The minimum absolute atomic E-state index is 0.0310. The van der Waals surface area contributed by atoms with Crippen LogP contribution in [0, 0.1) is 6.92 Å². The van der Waals surface area contributed by atoms with Crippen LogP contribution < -0.4 is 10.9 Å². The quantitative estimate of drug-likeness (QED) is 0.785. The Balaban J connectivity index is 1.94. The van der Waals surface area contributed by atoms with Gasteiger partial charge in [0.15, 0.2) is 0 Å². The molecule has 146 valence electrons. The molecular formula is C19H26N4O3S. The zero-order chi connectivity index (χ0) is 19.6. The van der Waals surface area contributed by atoms with E-state index in [2.05, 4.69) is 10.3 Å². The molecule has 0 saturated heterocycles. The number of hydrogen-bond acceptors (Lipinski definition) is 5. The second kappa shape index (κ2) is 8.21. The third-order valence-corrected chi connectivity index (χ3v) is 5.97. The van der Waals surface area contributed by atoms with E-state index in [1.165, 1.54) is 11.3 Å². The normalized spacial score (nSPS) is 13.0. The summed E-state index contributed by atoms with van der Waals surface area (Å²) in [6.45, 7) is 7.58. The Morgan fingerprint density at radius 1 is 1.30 bits per heavy atom. The van der Waals surface area contributed by atoms with Crippen molar-refractivity contribution in [3.05, 3.63) is 26.6 Å². The molecule has 0 saturated carbocycles.